The van der Waals surface area contributed by atoms with E-state index in [0.29, 0.717) is 6.54 Å². The van der Waals surface area contributed by atoms with Gasteiger partial charge in [0.1, 0.15) is 0 Å². The summed E-state index contributed by atoms with van der Waals surface area (Å²) < 4.78 is 2.18. The van der Waals surface area contributed by atoms with Crippen molar-refractivity contribution in [2.24, 2.45) is 0 Å². The number of benzene rings is 2. The molecule has 0 unspecified atom stereocenters. The number of halogens is 1. The minimum Gasteiger partial charge on any atom is -0.345 e. The molecule has 0 aliphatic rings. The molecule has 0 bridgehead atoms. The van der Waals surface area contributed by atoms with E-state index in [2.05, 4.69) is 50.6 Å². The summed E-state index contributed by atoms with van der Waals surface area (Å²) in [6.07, 6.45) is 3.02. The predicted molar refractivity (Wildman–Crippen MR) is 120 cm³/mol. The molecule has 0 saturated carbocycles. The maximum absolute atomic E-state index is 13.3. The van der Waals surface area contributed by atoms with Gasteiger partial charge in [-0.2, -0.15) is 0 Å². The molecule has 1 amide bonds. The fourth-order valence-electron chi connectivity index (χ4n) is 3.39. The lowest BCUT2D eigenvalue weighted by atomic mass is 10.0. The van der Waals surface area contributed by atoms with Crippen molar-refractivity contribution in [1.29, 1.82) is 0 Å². The molecule has 0 aliphatic heterocycles. The molecule has 3 rings (SSSR count). The Balaban J connectivity index is 1.84. The third kappa shape index (κ3) is 5.30. The number of hydrogen-bond donors (Lipinski definition) is 0. The van der Waals surface area contributed by atoms with Gasteiger partial charge in [0.05, 0.1) is 6.54 Å². The zero-order chi connectivity index (χ0) is 21.0. The molecular formula is C25H29ClN2O. The minimum atomic E-state index is -0.300. The van der Waals surface area contributed by atoms with Crippen LogP contribution in [-0.2, 0) is 19.5 Å². The molecule has 0 atom stereocenters. The van der Waals surface area contributed by atoms with E-state index < -0.39 is 0 Å². The molecule has 0 radical (unpaired) electrons. The summed E-state index contributed by atoms with van der Waals surface area (Å²) in [7, 11) is 0. The molecule has 3 aromatic rings. The second-order valence-electron chi connectivity index (χ2n) is 8.37. The van der Waals surface area contributed by atoms with E-state index in [0.717, 1.165) is 34.8 Å². The monoisotopic (exact) mass is 408 g/mol. The average Bonchev–Trinajstić information content (AvgIpc) is 3.11. The zero-order valence-electron chi connectivity index (χ0n) is 17.7. The van der Waals surface area contributed by atoms with Crippen molar-refractivity contribution in [3.63, 3.8) is 0 Å². The minimum absolute atomic E-state index is 0.0515. The van der Waals surface area contributed by atoms with Gasteiger partial charge in [0.2, 0.25) is 0 Å². The van der Waals surface area contributed by atoms with Gasteiger partial charge in [0, 0.05) is 34.6 Å². The molecule has 0 fully saturated rings. The van der Waals surface area contributed by atoms with Crippen LogP contribution < -0.4 is 0 Å². The van der Waals surface area contributed by atoms with Crippen molar-refractivity contribution >= 4 is 17.5 Å². The normalized spacial score (nSPS) is 11.5. The molecule has 152 valence electrons. The fourth-order valence-corrected chi connectivity index (χ4v) is 3.61. The Morgan fingerprint density at radius 1 is 1.00 bits per heavy atom. The number of hydrogen-bond acceptors (Lipinski definition) is 1. The van der Waals surface area contributed by atoms with Crippen LogP contribution in [0.15, 0.2) is 66.9 Å². The molecule has 2 aromatic carbocycles. The van der Waals surface area contributed by atoms with Crippen LogP contribution in [0.25, 0.3) is 0 Å². The van der Waals surface area contributed by atoms with Gasteiger partial charge in [-0.3, -0.25) is 4.79 Å². The number of carbonyl (C=O) groups excluding carboxylic acids is 1. The third-order valence-electron chi connectivity index (χ3n) is 5.15. The van der Waals surface area contributed by atoms with E-state index in [1.165, 1.54) is 5.56 Å². The van der Waals surface area contributed by atoms with Crippen LogP contribution in [0.1, 0.15) is 54.9 Å². The molecule has 0 saturated heterocycles. The molecule has 1 heterocycles. The molecule has 0 N–H and O–H groups in total. The first-order valence-electron chi connectivity index (χ1n) is 10.1. The Kier molecular flexibility index (Phi) is 6.49. The van der Waals surface area contributed by atoms with Crippen LogP contribution in [0.2, 0.25) is 5.02 Å². The van der Waals surface area contributed by atoms with Gasteiger partial charge in [-0.05, 0) is 74.7 Å². The van der Waals surface area contributed by atoms with E-state index >= 15 is 0 Å². The summed E-state index contributed by atoms with van der Waals surface area (Å²) in [6.45, 7) is 9.62. The lowest BCUT2D eigenvalue weighted by molar-refractivity contribution is 0.0552. The Bertz CT molecular complexity index is 967. The Morgan fingerprint density at radius 3 is 2.34 bits per heavy atom. The van der Waals surface area contributed by atoms with E-state index in [9.17, 15) is 4.79 Å². The predicted octanol–water partition coefficient (Wildman–Crippen LogP) is 6.19. The molecule has 29 heavy (non-hydrogen) atoms. The molecule has 4 heteroatoms. The van der Waals surface area contributed by atoms with Gasteiger partial charge < -0.3 is 9.47 Å². The van der Waals surface area contributed by atoms with E-state index in [4.69, 9.17) is 11.6 Å². The highest BCUT2D eigenvalue weighted by Gasteiger charge is 2.28. The first-order valence-corrected chi connectivity index (χ1v) is 10.4. The number of carbonyl (C=O) groups is 1. The number of nitrogens with zero attached hydrogens (tertiary/aromatic N) is 2. The standard InChI is InChI=1S/C25H29ClN2O/c1-5-19-11-13-21(14-12-19)24(29)28(25(2,3)4)18-23-10-7-15-27(23)17-20-8-6-9-22(26)16-20/h6-16H,5,17-18H2,1-4H3. The van der Waals surface area contributed by atoms with Crippen molar-refractivity contribution in [2.45, 2.75) is 52.7 Å². The summed E-state index contributed by atoms with van der Waals surface area (Å²) in [5, 5.41) is 0.734. The SMILES string of the molecule is CCc1ccc(C(=O)N(Cc2cccn2Cc2cccc(Cl)c2)C(C)(C)C)cc1. The largest absolute Gasteiger partial charge is 0.345 e. The van der Waals surface area contributed by atoms with Crippen LogP contribution in [0, 0.1) is 0 Å². The summed E-state index contributed by atoms with van der Waals surface area (Å²) in [6, 6.07) is 19.9. The Hall–Kier alpha value is -2.52. The van der Waals surface area contributed by atoms with Crippen LogP contribution in [0.5, 0.6) is 0 Å². The first-order chi connectivity index (χ1) is 13.8. The summed E-state index contributed by atoms with van der Waals surface area (Å²) in [5.74, 6) is 0.0515. The van der Waals surface area contributed by atoms with E-state index in [-0.39, 0.29) is 11.4 Å². The van der Waals surface area contributed by atoms with Crippen LogP contribution in [0.3, 0.4) is 0 Å². The first kappa shape index (κ1) is 21.2. The third-order valence-corrected chi connectivity index (χ3v) is 5.38. The van der Waals surface area contributed by atoms with Gasteiger partial charge in [0.25, 0.3) is 5.91 Å². The summed E-state index contributed by atoms with van der Waals surface area (Å²) >= 11 is 6.14. The molecular weight excluding hydrogens is 380 g/mol. The van der Waals surface area contributed by atoms with Crippen molar-refractivity contribution in [3.8, 4) is 0 Å². The number of amides is 1. The Morgan fingerprint density at radius 2 is 1.72 bits per heavy atom. The van der Waals surface area contributed by atoms with Crippen molar-refractivity contribution < 1.29 is 4.79 Å². The highest BCUT2D eigenvalue weighted by atomic mass is 35.5. The molecule has 0 aliphatic carbocycles. The van der Waals surface area contributed by atoms with Crippen LogP contribution >= 0.6 is 11.6 Å². The van der Waals surface area contributed by atoms with Gasteiger partial charge >= 0.3 is 0 Å². The second-order valence-corrected chi connectivity index (χ2v) is 8.81. The zero-order valence-corrected chi connectivity index (χ0v) is 18.4. The van der Waals surface area contributed by atoms with Gasteiger partial charge in [-0.1, -0.05) is 42.8 Å². The summed E-state index contributed by atoms with van der Waals surface area (Å²) in [5.41, 5.74) is 3.90. The van der Waals surface area contributed by atoms with Crippen molar-refractivity contribution in [3.05, 3.63) is 94.3 Å². The van der Waals surface area contributed by atoms with E-state index in [1.807, 2.05) is 53.4 Å². The molecule has 3 nitrogen and oxygen atoms in total. The topological polar surface area (TPSA) is 25.2 Å². The quantitative estimate of drug-likeness (QED) is 0.477. The van der Waals surface area contributed by atoms with E-state index in [1.54, 1.807) is 0 Å². The highest BCUT2D eigenvalue weighted by molar-refractivity contribution is 6.30. The number of aryl methyl sites for hydroxylation is 1. The van der Waals surface area contributed by atoms with Crippen LogP contribution in [-0.4, -0.2) is 20.9 Å². The number of aromatic nitrogens is 1. The van der Waals surface area contributed by atoms with Gasteiger partial charge in [-0.15, -0.1) is 0 Å². The smallest absolute Gasteiger partial charge is 0.254 e. The lowest BCUT2D eigenvalue weighted by Crippen LogP contribution is -2.45. The second kappa shape index (κ2) is 8.87. The van der Waals surface area contributed by atoms with Crippen molar-refractivity contribution in [2.75, 3.05) is 0 Å². The maximum atomic E-state index is 13.3. The van der Waals surface area contributed by atoms with Crippen molar-refractivity contribution in [1.82, 2.24) is 9.47 Å². The average molecular weight is 409 g/mol. The molecule has 1 aromatic heterocycles. The van der Waals surface area contributed by atoms with Gasteiger partial charge in [0.15, 0.2) is 0 Å². The lowest BCUT2D eigenvalue weighted by Gasteiger charge is -2.36. The van der Waals surface area contributed by atoms with Crippen LogP contribution in [0.4, 0.5) is 0 Å². The maximum Gasteiger partial charge on any atom is 0.254 e. The number of rotatable bonds is 6. The fraction of sp³-hybridized carbons (Fsp3) is 0.320. The molecule has 0 spiro atoms. The Labute approximate surface area is 178 Å². The van der Waals surface area contributed by atoms with Gasteiger partial charge in [-0.25, -0.2) is 0 Å². The highest BCUT2D eigenvalue weighted by Crippen LogP contribution is 2.22. The summed E-state index contributed by atoms with van der Waals surface area (Å²) in [4.78, 5) is 15.3.